The molecule has 0 aromatic heterocycles. The minimum atomic E-state index is -0.600. The molecule has 0 bridgehead atoms. The van der Waals surface area contributed by atoms with E-state index >= 15 is 0 Å². The summed E-state index contributed by atoms with van der Waals surface area (Å²) in [4.78, 5) is 0. The molecule has 1 aromatic rings. The second-order valence-corrected chi connectivity index (χ2v) is 6.39. The summed E-state index contributed by atoms with van der Waals surface area (Å²) in [6.45, 7) is 6.75. The highest BCUT2D eigenvalue weighted by Gasteiger charge is 2.31. The summed E-state index contributed by atoms with van der Waals surface area (Å²) in [5.74, 6) is 1.52. The fourth-order valence-electron chi connectivity index (χ4n) is 2.60. The molecule has 0 unspecified atom stereocenters. The van der Waals surface area contributed by atoms with Crippen molar-refractivity contribution in [1.82, 2.24) is 5.32 Å². The van der Waals surface area contributed by atoms with Crippen LogP contribution in [0.25, 0.3) is 0 Å². The summed E-state index contributed by atoms with van der Waals surface area (Å²) in [7, 11) is 0. The fourth-order valence-corrected chi connectivity index (χ4v) is 2.60. The predicted molar refractivity (Wildman–Crippen MR) is 81.9 cm³/mol. The molecule has 1 fully saturated rings. The smallest absolute Gasteiger partial charge is 0.119 e. The van der Waals surface area contributed by atoms with Crippen LogP contribution in [0.5, 0.6) is 5.75 Å². The molecule has 0 aliphatic heterocycles. The largest absolute Gasteiger partial charge is 0.491 e. The Balaban J connectivity index is 1.76. The number of benzene rings is 1. The van der Waals surface area contributed by atoms with Crippen molar-refractivity contribution in [2.75, 3.05) is 13.2 Å². The van der Waals surface area contributed by atoms with Crippen molar-refractivity contribution in [3.63, 3.8) is 0 Å². The molecule has 2 rings (SSSR count). The van der Waals surface area contributed by atoms with E-state index in [4.69, 9.17) is 4.74 Å². The first-order chi connectivity index (χ1) is 9.57. The van der Waals surface area contributed by atoms with Crippen LogP contribution >= 0.6 is 0 Å². The SMILES string of the molecule is CC(C)CNCc1ccc(OCC2(O)CCCC2)cc1. The molecule has 2 N–H and O–H groups in total. The first kappa shape index (κ1) is 15.3. The molecule has 1 aliphatic rings. The zero-order valence-corrected chi connectivity index (χ0v) is 12.7. The number of hydrogen-bond donors (Lipinski definition) is 2. The lowest BCUT2D eigenvalue weighted by atomic mass is 10.0. The fraction of sp³-hybridized carbons (Fsp3) is 0.647. The Morgan fingerprint density at radius 3 is 2.45 bits per heavy atom. The molecule has 0 amide bonds. The normalized spacial score (nSPS) is 17.6. The van der Waals surface area contributed by atoms with Crippen molar-refractivity contribution in [3.8, 4) is 5.75 Å². The zero-order valence-electron chi connectivity index (χ0n) is 12.7. The summed E-state index contributed by atoms with van der Waals surface area (Å²) in [6.07, 6.45) is 3.95. The van der Waals surface area contributed by atoms with Crippen LogP contribution in [-0.2, 0) is 6.54 Å². The number of ether oxygens (including phenoxy) is 1. The van der Waals surface area contributed by atoms with Crippen LogP contribution in [0.2, 0.25) is 0 Å². The van der Waals surface area contributed by atoms with E-state index in [1.165, 1.54) is 5.56 Å². The second-order valence-electron chi connectivity index (χ2n) is 6.39. The molecule has 0 saturated heterocycles. The molecule has 3 nitrogen and oxygen atoms in total. The van der Waals surface area contributed by atoms with Crippen LogP contribution in [0.15, 0.2) is 24.3 Å². The first-order valence-corrected chi connectivity index (χ1v) is 7.72. The Morgan fingerprint density at radius 1 is 1.20 bits per heavy atom. The lowest BCUT2D eigenvalue weighted by Crippen LogP contribution is -2.32. The van der Waals surface area contributed by atoms with Crippen molar-refractivity contribution in [1.29, 1.82) is 0 Å². The molecular weight excluding hydrogens is 250 g/mol. The Morgan fingerprint density at radius 2 is 1.85 bits per heavy atom. The van der Waals surface area contributed by atoms with E-state index in [0.717, 1.165) is 44.5 Å². The molecule has 0 radical (unpaired) electrons. The highest BCUT2D eigenvalue weighted by molar-refractivity contribution is 5.27. The van der Waals surface area contributed by atoms with Crippen LogP contribution in [0.4, 0.5) is 0 Å². The minimum absolute atomic E-state index is 0.415. The molecule has 112 valence electrons. The van der Waals surface area contributed by atoms with E-state index in [-0.39, 0.29) is 0 Å². The van der Waals surface area contributed by atoms with Crippen LogP contribution in [0, 0.1) is 5.92 Å². The lowest BCUT2D eigenvalue weighted by molar-refractivity contribution is 0.00140. The third kappa shape index (κ3) is 4.80. The molecule has 1 aromatic carbocycles. The maximum absolute atomic E-state index is 10.2. The third-order valence-electron chi connectivity index (χ3n) is 3.85. The van der Waals surface area contributed by atoms with E-state index in [1.54, 1.807) is 0 Å². The third-order valence-corrected chi connectivity index (χ3v) is 3.85. The molecule has 0 spiro atoms. The van der Waals surface area contributed by atoms with E-state index in [0.29, 0.717) is 12.5 Å². The van der Waals surface area contributed by atoms with Gasteiger partial charge in [0.2, 0.25) is 0 Å². The topological polar surface area (TPSA) is 41.5 Å². The second kappa shape index (κ2) is 7.09. The zero-order chi connectivity index (χ0) is 14.4. The Labute approximate surface area is 122 Å². The van der Waals surface area contributed by atoms with E-state index in [2.05, 4.69) is 31.3 Å². The monoisotopic (exact) mass is 277 g/mol. The summed E-state index contributed by atoms with van der Waals surface area (Å²) in [5, 5.41) is 13.7. The van der Waals surface area contributed by atoms with Crippen molar-refractivity contribution in [2.24, 2.45) is 5.92 Å². The Kier molecular flexibility index (Phi) is 5.44. The number of aliphatic hydroxyl groups is 1. The van der Waals surface area contributed by atoms with Gasteiger partial charge in [-0.25, -0.2) is 0 Å². The number of rotatable bonds is 7. The van der Waals surface area contributed by atoms with Crippen LogP contribution in [0.3, 0.4) is 0 Å². The maximum atomic E-state index is 10.2. The van der Waals surface area contributed by atoms with E-state index in [1.807, 2.05) is 12.1 Å². The van der Waals surface area contributed by atoms with Gasteiger partial charge in [0.05, 0.1) is 5.60 Å². The summed E-state index contributed by atoms with van der Waals surface area (Å²) in [6, 6.07) is 8.15. The van der Waals surface area contributed by atoms with Crippen molar-refractivity contribution in [3.05, 3.63) is 29.8 Å². The number of nitrogens with one attached hydrogen (secondary N) is 1. The van der Waals surface area contributed by atoms with Crippen molar-refractivity contribution >= 4 is 0 Å². The maximum Gasteiger partial charge on any atom is 0.119 e. The quantitative estimate of drug-likeness (QED) is 0.804. The van der Waals surface area contributed by atoms with Gasteiger partial charge < -0.3 is 15.2 Å². The highest BCUT2D eigenvalue weighted by Crippen LogP contribution is 2.30. The summed E-state index contributed by atoms with van der Waals surface area (Å²) < 4.78 is 5.72. The standard InChI is InChI=1S/C17H27NO2/c1-14(2)11-18-12-15-5-7-16(8-6-15)20-13-17(19)9-3-4-10-17/h5-8,14,18-19H,3-4,9-13H2,1-2H3. The van der Waals surface area contributed by atoms with Gasteiger partial charge in [0.1, 0.15) is 12.4 Å². The Bertz CT molecular complexity index is 394. The minimum Gasteiger partial charge on any atom is -0.491 e. The molecular formula is C17H27NO2. The van der Waals surface area contributed by atoms with Crippen molar-refractivity contribution < 1.29 is 9.84 Å². The van der Waals surface area contributed by atoms with Gasteiger partial charge in [0, 0.05) is 6.54 Å². The van der Waals surface area contributed by atoms with Crippen LogP contribution < -0.4 is 10.1 Å². The average Bonchev–Trinajstić information content (AvgIpc) is 2.85. The summed E-state index contributed by atoms with van der Waals surface area (Å²) in [5.41, 5.74) is 0.662. The van der Waals surface area contributed by atoms with Gasteiger partial charge in [0.15, 0.2) is 0 Å². The highest BCUT2D eigenvalue weighted by atomic mass is 16.5. The van der Waals surface area contributed by atoms with Gasteiger partial charge >= 0.3 is 0 Å². The molecule has 0 atom stereocenters. The predicted octanol–water partition coefficient (Wildman–Crippen LogP) is 3.12. The molecule has 3 heteroatoms. The number of hydrogen-bond acceptors (Lipinski definition) is 3. The molecule has 1 aliphatic carbocycles. The Hall–Kier alpha value is -1.06. The van der Waals surface area contributed by atoms with Gasteiger partial charge in [-0.3, -0.25) is 0 Å². The van der Waals surface area contributed by atoms with Gasteiger partial charge in [-0.15, -0.1) is 0 Å². The summed E-state index contributed by atoms with van der Waals surface area (Å²) >= 11 is 0. The van der Waals surface area contributed by atoms with Crippen molar-refractivity contribution in [2.45, 2.75) is 51.7 Å². The first-order valence-electron chi connectivity index (χ1n) is 7.72. The van der Waals surface area contributed by atoms with E-state index < -0.39 is 5.60 Å². The van der Waals surface area contributed by atoms with E-state index in [9.17, 15) is 5.11 Å². The van der Waals surface area contributed by atoms with Crippen LogP contribution in [0.1, 0.15) is 45.1 Å². The molecule has 0 heterocycles. The average molecular weight is 277 g/mol. The van der Waals surface area contributed by atoms with Gasteiger partial charge in [0.25, 0.3) is 0 Å². The molecule has 20 heavy (non-hydrogen) atoms. The van der Waals surface area contributed by atoms with Gasteiger partial charge in [-0.05, 0) is 43.0 Å². The van der Waals surface area contributed by atoms with Crippen LogP contribution in [-0.4, -0.2) is 23.9 Å². The van der Waals surface area contributed by atoms with Gasteiger partial charge in [-0.1, -0.05) is 38.8 Å². The lowest BCUT2D eigenvalue weighted by Gasteiger charge is -2.22. The van der Waals surface area contributed by atoms with Gasteiger partial charge in [-0.2, -0.15) is 0 Å². The molecule has 1 saturated carbocycles.